The van der Waals surface area contributed by atoms with E-state index in [0.717, 1.165) is 17.7 Å². The summed E-state index contributed by atoms with van der Waals surface area (Å²) in [7, 11) is 0. The number of phenols is 1. The van der Waals surface area contributed by atoms with Crippen molar-refractivity contribution in [3.8, 4) is 5.75 Å². The van der Waals surface area contributed by atoms with Gasteiger partial charge in [-0.1, -0.05) is 19.1 Å². The first-order valence-corrected chi connectivity index (χ1v) is 6.82. The Morgan fingerprint density at radius 1 is 1.32 bits per heavy atom. The van der Waals surface area contributed by atoms with Crippen LogP contribution in [0.5, 0.6) is 5.75 Å². The van der Waals surface area contributed by atoms with Gasteiger partial charge in [-0.2, -0.15) is 0 Å². The standard InChI is InChI=1S/C8H10N2S.C7H7NO3/c1-2-7-5-6(8(9)11)3-4-10-7;8-4-1-2-5(7(10)11)6(9)3-4/h3-5H,2H2,1H3,(H2,9,11);1-3,9H,8H2,(H,10,11). The fourth-order valence-corrected chi connectivity index (χ4v) is 1.68. The van der Waals surface area contributed by atoms with Gasteiger partial charge in [-0.05, 0) is 30.7 Å². The summed E-state index contributed by atoms with van der Waals surface area (Å²) in [6.07, 6.45) is 2.64. The average Bonchev–Trinajstić information content (AvgIpc) is 2.47. The monoisotopic (exact) mass is 319 g/mol. The zero-order chi connectivity index (χ0) is 16.7. The first-order valence-electron chi connectivity index (χ1n) is 6.41. The lowest BCUT2D eigenvalue weighted by Gasteiger charge is -1.99. The molecule has 22 heavy (non-hydrogen) atoms. The molecule has 0 aliphatic heterocycles. The van der Waals surface area contributed by atoms with Gasteiger partial charge in [0.05, 0.1) is 0 Å². The van der Waals surface area contributed by atoms with E-state index in [9.17, 15) is 4.79 Å². The molecule has 0 aliphatic carbocycles. The summed E-state index contributed by atoms with van der Waals surface area (Å²) >= 11 is 4.82. The third-order valence-corrected chi connectivity index (χ3v) is 2.95. The molecule has 0 radical (unpaired) electrons. The van der Waals surface area contributed by atoms with Gasteiger partial charge in [0.2, 0.25) is 0 Å². The number of hydrogen-bond acceptors (Lipinski definition) is 5. The Hall–Kier alpha value is -2.67. The number of aromatic nitrogens is 1. The van der Waals surface area contributed by atoms with E-state index in [1.807, 2.05) is 19.1 Å². The molecule has 1 heterocycles. The van der Waals surface area contributed by atoms with E-state index in [4.69, 9.17) is 33.9 Å². The smallest absolute Gasteiger partial charge is 0.339 e. The number of nitrogen functional groups attached to an aromatic ring is 1. The van der Waals surface area contributed by atoms with Gasteiger partial charge in [0.1, 0.15) is 16.3 Å². The molecular formula is C15H17N3O3S. The molecule has 2 rings (SSSR count). The summed E-state index contributed by atoms with van der Waals surface area (Å²) in [5.74, 6) is -1.47. The van der Waals surface area contributed by atoms with Crippen LogP contribution in [0, 0.1) is 0 Å². The number of carboxylic acid groups (broad SMARTS) is 1. The molecule has 6 nitrogen and oxygen atoms in total. The van der Waals surface area contributed by atoms with Crippen molar-refractivity contribution in [1.29, 1.82) is 0 Å². The van der Waals surface area contributed by atoms with Crippen LogP contribution in [0.15, 0.2) is 36.5 Å². The molecule has 0 amide bonds. The second kappa shape index (κ2) is 7.94. The van der Waals surface area contributed by atoms with Crippen LogP contribution in [0.25, 0.3) is 0 Å². The summed E-state index contributed by atoms with van der Waals surface area (Å²) in [5.41, 5.74) is 12.8. The Morgan fingerprint density at radius 3 is 2.50 bits per heavy atom. The van der Waals surface area contributed by atoms with Crippen LogP contribution in [-0.4, -0.2) is 26.2 Å². The number of nitrogens with zero attached hydrogens (tertiary/aromatic N) is 1. The fourth-order valence-electron chi connectivity index (χ4n) is 1.55. The van der Waals surface area contributed by atoms with Gasteiger partial charge in [0.15, 0.2) is 0 Å². The quantitative estimate of drug-likeness (QED) is 0.503. The van der Waals surface area contributed by atoms with E-state index < -0.39 is 5.97 Å². The Kier molecular flexibility index (Phi) is 6.27. The fraction of sp³-hybridized carbons (Fsp3) is 0.133. The van der Waals surface area contributed by atoms with Crippen molar-refractivity contribution < 1.29 is 15.0 Å². The van der Waals surface area contributed by atoms with E-state index >= 15 is 0 Å². The number of anilines is 1. The van der Waals surface area contributed by atoms with Crippen molar-refractivity contribution >= 4 is 28.9 Å². The molecule has 6 N–H and O–H groups in total. The molecule has 0 saturated heterocycles. The van der Waals surface area contributed by atoms with Crippen LogP contribution < -0.4 is 11.5 Å². The highest BCUT2D eigenvalue weighted by molar-refractivity contribution is 7.80. The molecule has 0 fully saturated rings. The maximum atomic E-state index is 10.3. The lowest BCUT2D eigenvalue weighted by molar-refractivity contribution is 0.0694. The van der Waals surface area contributed by atoms with E-state index in [2.05, 4.69) is 4.98 Å². The topological polar surface area (TPSA) is 122 Å². The van der Waals surface area contributed by atoms with E-state index in [1.165, 1.54) is 18.2 Å². The molecule has 1 aromatic heterocycles. The zero-order valence-corrected chi connectivity index (χ0v) is 12.8. The number of aryl methyl sites for hydroxylation is 1. The van der Waals surface area contributed by atoms with Gasteiger partial charge in [0.25, 0.3) is 0 Å². The highest BCUT2D eigenvalue weighted by Crippen LogP contribution is 2.19. The van der Waals surface area contributed by atoms with E-state index in [1.54, 1.807) is 6.20 Å². The SMILES string of the molecule is CCc1cc(C(N)=S)ccn1.Nc1ccc(C(=O)O)c(O)c1. The summed E-state index contributed by atoms with van der Waals surface area (Å²) in [6.45, 7) is 2.05. The summed E-state index contributed by atoms with van der Waals surface area (Å²) in [6, 6.07) is 7.61. The molecule has 0 unspecified atom stereocenters. The van der Waals surface area contributed by atoms with E-state index in [0.29, 0.717) is 10.7 Å². The van der Waals surface area contributed by atoms with Crippen LogP contribution in [0.1, 0.15) is 28.5 Å². The number of carboxylic acids is 1. The molecule has 0 spiro atoms. The van der Waals surface area contributed by atoms with Gasteiger partial charge in [-0.25, -0.2) is 4.79 Å². The first kappa shape index (κ1) is 17.4. The van der Waals surface area contributed by atoms with Crippen LogP contribution in [0.4, 0.5) is 5.69 Å². The maximum absolute atomic E-state index is 10.3. The summed E-state index contributed by atoms with van der Waals surface area (Å²) in [5, 5.41) is 17.5. The number of thiocarbonyl (C=S) groups is 1. The molecule has 7 heteroatoms. The zero-order valence-electron chi connectivity index (χ0n) is 12.0. The summed E-state index contributed by atoms with van der Waals surface area (Å²) in [4.78, 5) is 14.9. The Balaban J connectivity index is 0.000000220. The molecule has 1 aromatic carbocycles. The van der Waals surface area contributed by atoms with Crippen molar-refractivity contribution in [2.45, 2.75) is 13.3 Å². The van der Waals surface area contributed by atoms with Gasteiger partial charge in [-0.3, -0.25) is 4.98 Å². The van der Waals surface area contributed by atoms with E-state index in [-0.39, 0.29) is 11.3 Å². The Labute approximate surface area is 133 Å². The molecule has 116 valence electrons. The van der Waals surface area contributed by atoms with Crippen LogP contribution in [0.3, 0.4) is 0 Å². The minimum Gasteiger partial charge on any atom is -0.507 e. The second-order valence-electron chi connectivity index (χ2n) is 4.34. The number of pyridine rings is 1. The van der Waals surface area contributed by atoms with Gasteiger partial charge >= 0.3 is 5.97 Å². The maximum Gasteiger partial charge on any atom is 0.339 e. The number of benzene rings is 1. The highest BCUT2D eigenvalue weighted by atomic mass is 32.1. The van der Waals surface area contributed by atoms with Crippen LogP contribution >= 0.6 is 12.2 Å². The number of carbonyl (C=O) groups is 1. The molecule has 0 aliphatic rings. The molecular weight excluding hydrogens is 302 g/mol. The predicted molar refractivity (Wildman–Crippen MR) is 89.0 cm³/mol. The second-order valence-corrected chi connectivity index (χ2v) is 4.78. The third kappa shape index (κ3) is 5.02. The van der Waals surface area contributed by atoms with Gasteiger partial charge in [-0.15, -0.1) is 0 Å². The van der Waals surface area contributed by atoms with Crippen LogP contribution in [0.2, 0.25) is 0 Å². The minimum atomic E-state index is -1.16. The van der Waals surface area contributed by atoms with Crippen molar-refractivity contribution in [3.63, 3.8) is 0 Å². The first-order chi connectivity index (χ1) is 10.3. The van der Waals surface area contributed by atoms with Crippen molar-refractivity contribution in [2.24, 2.45) is 5.73 Å². The van der Waals surface area contributed by atoms with Crippen molar-refractivity contribution in [1.82, 2.24) is 4.98 Å². The lowest BCUT2D eigenvalue weighted by atomic mass is 10.2. The van der Waals surface area contributed by atoms with Gasteiger partial charge in [0, 0.05) is 29.2 Å². The summed E-state index contributed by atoms with van der Waals surface area (Å²) < 4.78 is 0. The van der Waals surface area contributed by atoms with Crippen molar-refractivity contribution in [2.75, 3.05) is 5.73 Å². The largest absolute Gasteiger partial charge is 0.507 e. The predicted octanol–water partition coefficient (Wildman–Crippen LogP) is 1.95. The molecule has 0 atom stereocenters. The number of aromatic hydroxyl groups is 1. The van der Waals surface area contributed by atoms with Crippen molar-refractivity contribution in [3.05, 3.63) is 53.3 Å². The minimum absolute atomic E-state index is 0.140. The third-order valence-electron chi connectivity index (χ3n) is 2.72. The highest BCUT2D eigenvalue weighted by Gasteiger charge is 2.07. The number of nitrogens with two attached hydrogens (primary N) is 2. The lowest BCUT2D eigenvalue weighted by Crippen LogP contribution is -2.09. The number of hydrogen-bond donors (Lipinski definition) is 4. The van der Waals surface area contributed by atoms with Crippen LogP contribution in [-0.2, 0) is 6.42 Å². The van der Waals surface area contributed by atoms with Gasteiger partial charge < -0.3 is 21.7 Å². The Bertz CT molecular complexity index is 689. The Morgan fingerprint density at radius 2 is 2.00 bits per heavy atom. The molecule has 2 aromatic rings. The number of aromatic carboxylic acids is 1. The number of rotatable bonds is 3. The molecule has 0 bridgehead atoms. The molecule has 0 saturated carbocycles. The normalized spacial score (nSPS) is 9.50. The average molecular weight is 319 g/mol.